The van der Waals surface area contributed by atoms with Crippen molar-refractivity contribution in [3.63, 3.8) is 0 Å². The van der Waals surface area contributed by atoms with E-state index in [4.69, 9.17) is 9.57 Å². The highest BCUT2D eigenvalue weighted by molar-refractivity contribution is 7.99. The summed E-state index contributed by atoms with van der Waals surface area (Å²) >= 11 is 5.66. The first-order valence-corrected chi connectivity index (χ1v) is 10.2. The minimum absolute atomic E-state index is 0.106. The molecule has 0 aromatic heterocycles. The smallest absolute Gasteiger partial charge is 0.414 e. The Hall–Kier alpha value is -1.58. The number of benzene rings is 1. The normalized spacial score (nSPS) is 20.7. The maximum Gasteiger partial charge on any atom is 0.414 e. The van der Waals surface area contributed by atoms with Crippen molar-refractivity contribution >= 4 is 47.1 Å². The fourth-order valence-corrected chi connectivity index (χ4v) is 3.86. The van der Waals surface area contributed by atoms with Gasteiger partial charge in [-0.1, -0.05) is 12.6 Å². The SMILES string of the molecule is CN(OC[C@@H]1CN(c2ccc(N3CCCSCC3)cc2)C(=O)O1)C(=O)S. The maximum atomic E-state index is 12.1. The zero-order valence-electron chi connectivity index (χ0n) is 14.7. The van der Waals surface area contributed by atoms with Crippen LogP contribution in [0, 0.1) is 0 Å². The van der Waals surface area contributed by atoms with E-state index in [-0.39, 0.29) is 6.61 Å². The van der Waals surface area contributed by atoms with E-state index in [1.807, 2.05) is 23.9 Å². The lowest BCUT2D eigenvalue weighted by Crippen LogP contribution is -2.30. The van der Waals surface area contributed by atoms with Gasteiger partial charge in [-0.3, -0.25) is 14.5 Å². The van der Waals surface area contributed by atoms with Gasteiger partial charge in [0.15, 0.2) is 0 Å². The van der Waals surface area contributed by atoms with Gasteiger partial charge in [0.1, 0.15) is 12.7 Å². The van der Waals surface area contributed by atoms with Gasteiger partial charge >= 0.3 is 11.3 Å². The molecule has 7 nitrogen and oxygen atoms in total. The van der Waals surface area contributed by atoms with Gasteiger partial charge in [-0.05, 0) is 36.4 Å². The molecule has 0 radical (unpaired) electrons. The lowest BCUT2D eigenvalue weighted by atomic mass is 10.2. The molecule has 26 heavy (non-hydrogen) atoms. The third kappa shape index (κ3) is 4.77. The lowest BCUT2D eigenvalue weighted by Gasteiger charge is -2.23. The van der Waals surface area contributed by atoms with Crippen LogP contribution in [0.2, 0.25) is 0 Å². The number of cyclic esters (lactones) is 1. The second kappa shape index (κ2) is 8.88. The molecule has 9 heteroatoms. The summed E-state index contributed by atoms with van der Waals surface area (Å²) in [7, 11) is 1.46. The summed E-state index contributed by atoms with van der Waals surface area (Å²) in [6, 6.07) is 7.99. The molecule has 0 saturated carbocycles. The molecule has 0 aliphatic carbocycles. The predicted molar refractivity (Wildman–Crippen MR) is 106 cm³/mol. The second-order valence-corrected chi connectivity index (χ2v) is 7.77. The van der Waals surface area contributed by atoms with Crippen molar-refractivity contribution in [2.45, 2.75) is 12.5 Å². The van der Waals surface area contributed by atoms with E-state index in [0.717, 1.165) is 29.6 Å². The molecule has 3 rings (SSSR count). The van der Waals surface area contributed by atoms with Crippen molar-refractivity contribution in [1.82, 2.24) is 5.06 Å². The minimum Gasteiger partial charge on any atom is -0.441 e. The summed E-state index contributed by atoms with van der Waals surface area (Å²) in [6.45, 7) is 2.60. The molecule has 0 N–H and O–H groups in total. The largest absolute Gasteiger partial charge is 0.441 e. The average Bonchev–Trinajstić information content (AvgIpc) is 2.84. The van der Waals surface area contributed by atoms with Crippen LogP contribution < -0.4 is 9.80 Å². The van der Waals surface area contributed by atoms with Gasteiger partial charge in [-0.2, -0.15) is 11.8 Å². The number of anilines is 2. The van der Waals surface area contributed by atoms with Crippen molar-refractivity contribution in [3.8, 4) is 0 Å². The molecule has 1 aromatic carbocycles. The van der Waals surface area contributed by atoms with Gasteiger partial charge in [0.25, 0.3) is 0 Å². The molecule has 2 saturated heterocycles. The Morgan fingerprint density at radius 1 is 1.31 bits per heavy atom. The number of thiol groups is 1. The van der Waals surface area contributed by atoms with Crippen LogP contribution in [-0.2, 0) is 9.57 Å². The van der Waals surface area contributed by atoms with Gasteiger partial charge in [0.2, 0.25) is 0 Å². The number of thioether (sulfide) groups is 1. The molecular formula is C17H23N3O4S2. The zero-order valence-corrected chi connectivity index (χ0v) is 16.4. The quantitative estimate of drug-likeness (QED) is 0.609. The number of hydroxylamine groups is 2. The third-order valence-corrected chi connectivity index (χ3v) is 5.68. The van der Waals surface area contributed by atoms with Gasteiger partial charge in [-0.15, -0.1) is 0 Å². The number of carbonyl (C=O) groups is 2. The monoisotopic (exact) mass is 397 g/mol. The van der Waals surface area contributed by atoms with E-state index in [0.29, 0.717) is 6.54 Å². The molecule has 0 unspecified atom stereocenters. The molecule has 1 atom stereocenters. The first kappa shape index (κ1) is 19.2. The van der Waals surface area contributed by atoms with E-state index in [9.17, 15) is 9.59 Å². The summed E-state index contributed by atoms with van der Waals surface area (Å²) in [5.41, 5.74) is 1.97. The summed E-state index contributed by atoms with van der Waals surface area (Å²) in [5.74, 6) is 2.36. The van der Waals surface area contributed by atoms with Crippen LogP contribution in [0.3, 0.4) is 0 Å². The minimum atomic E-state index is -0.506. The molecule has 0 bridgehead atoms. The molecule has 0 spiro atoms. The maximum absolute atomic E-state index is 12.1. The van der Waals surface area contributed by atoms with Crippen molar-refractivity contribution in [1.29, 1.82) is 0 Å². The Kier molecular flexibility index (Phi) is 6.55. The van der Waals surface area contributed by atoms with Crippen LogP contribution in [0.25, 0.3) is 0 Å². The number of carbonyl (C=O) groups excluding carboxylic acids is 2. The van der Waals surface area contributed by atoms with Crippen LogP contribution in [0.5, 0.6) is 0 Å². The third-order valence-electron chi connectivity index (χ3n) is 4.35. The highest BCUT2D eigenvalue weighted by Crippen LogP contribution is 2.26. The fourth-order valence-electron chi connectivity index (χ4n) is 2.92. The van der Waals surface area contributed by atoms with E-state index in [1.54, 1.807) is 4.90 Å². The number of nitrogens with zero attached hydrogens (tertiary/aromatic N) is 3. The Morgan fingerprint density at radius 2 is 2.04 bits per heavy atom. The number of ether oxygens (including phenoxy) is 1. The molecule has 142 valence electrons. The number of hydrogen-bond donors (Lipinski definition) is 1. The van der Waals surface area contributed by atoms with Crippen LogP contribution in [0.4, 0.5) is 21.0 Å². The number of rotatable bonds is 5. The summed E-state index contributed by atoms with van der Waals surface area (Å²) in [6.07, 6.45) is 0.354. The van der Waals surface area contributed by atoms with Crippen LogP contribution in [-0.4, -0.2) is 67.3 Å². The standard InChI is InChI=1S/C17H23N3O4S2/c1-18(17(22)25)23-12-15-11-20(16(21)24-15)14-5-3-13(4-6-14)19-7-2-9-26-10-8-19/h3-6,15H,2,7-12H2,1H3,(H,22,25)/t15-/m0/s1. The highest BCUT2D eigenvalue weighted by Gasteiger charge is 2.33. The van der Waals surface area contributed by atoms with E-state index < -0.39 is 17.4 Å². The molecule has 2 heterocycles. The van der Waals surface area contributed by atoms with E-state index in [2.05, 4.69) is 29.7 Å². The van der Waals surface area contributed by atoms with E-state index in [1.165, 1.54) is 24.9 Å². The molecule has 2 amide bonds. The Morgan fingerprint density at radius 3 is 2.77 bits per heavy atom. The summed E-state index contributed by atoms with van der Waals surface area (Å²) in [4.78, 5) is 32.3. The van der Waals surface area contributed by atoms with Crippen LogP contribution in [0.1, 0.15) is 6.42 Å². The van der Waals surface area contributed by atoms with Gasteiger partial charge in [-0.25, -0.2) is 9.86 Å². The molecule has 2 aliphatic rings. The molecular weight excluding hydrogens is 374 g/mol. The first-order chi connectivity index (χ1) is 12.5. The van der Waals surface area contributed by atoms with Crippen molar-refractivity contribution in [2.24, 2.45) is 0 Å². The number of hydrogen-bond acceptors (Lipinski definition) is 6. The Bertz CT molecular complexity index is 635. The topological polar surface area (TPSA) is 62.3 Å². The Balaban J connectivity index is 1.58. The fraction of sp³-hybridized carbons (Fsp3) is 0.529. The van der Waals surface area contributed by atoms with Crippen LogP contribution in [0.15, 0.2) is 24.3 Å². The first-order valence-electron chi connectivity index (χ1n) is 8.55. The zero-order chi connectivity index (χ0) is 18.5. The lowest BCUT2D eigenvalue weighted by molar-refractivity contribution is -0.113. The van der Waals surface area contributed by atoms with Crippen LogP contribution >= 0.6 is 24.4 Å². The van der Waals surface area contributed by atoms with E-state index >= 15 is 0 Å². The summed E-state index contributed by atoms with van der Waals surface area (Å²) < 4.78 is 5.31. The molecule has 2 aliphatic heterocycles. The molecule has 2 fully saturated rings. The summed E-state index contributed by atoms with van der Waals surface area (Å²) in [5, 5.41) is 0.502. The number of amides is 2. The Labute approximate surface area is 162 Å². The van der Waals surface area contributed by atoms with Gasteiger partial charge in [0.05, 0.1) is 6.54 Å². The van der Waals surface area contributed by atoms with Crippen molar-refractivity contribution in [3.05, 3.63) is 24.3 Å². The van der Waals surface area contributed by atoms with Gasteiger partial charge < -0.3 is 9.64 Å². The molecule has 1 aromatic rings. The van der Waals surface area contributed by atoms with Crippen molar-refractivity contribution < 1.29 is 19.2 Å². The van der Waals surface area contributed by atoms with Gasteiger partial charge in [0, 0.05) is 37.3 Å². The van der Waals surface area contributed by atoms with Crippen molar-refractivity contribution in [2.75, 3.05) is 54.6 Å². The average molecular weight is 398 g/mol. The second-order valence-electron chi connectivity index (χ2n) is 6.16. The predicted octanol–water partition coefficient (Wildman–Crippen LogP) is 2.87. The highest BCUT2D eigenvalue weighted by atomic mass is 32.2.